The van der Waals surface area contributed by atoms with E-state index >= 15 is 0 Å². The van der Waals surface area contributed by atoms with E-state index in [0.717, 1.165) is 5.56 Å². The molecule has 3 amide bonds. The molecular formula is C28H26FN5O4S. The molecule has 5 N–H and O–H groups in total. The third-order valence-corrected chi connectivity index (χ3v) is 6.65. The minimum Gasteiger partial charge on any atom is -0.494 e. The molecular weight excluding hydrogens is 521 g/mol. The Bertz CT molecular complexity index is 1460. The highest BCUT2D eigenvalue weighted by Gasteiger charge is 2.36. The molecule has 0 aliphatic heterocycles. The third-order valence-electron chi connectivity index (χ3n) is 5.80. The molecule has 1 heterocycles. The number of nitrogens with two attached hydrogens (primary N) is 2. The van der Waals surface area contributed by atoms with Crippen molar-refractivity contribution in [2.75, 3.05) is 17.2 Å². The largest absolute Gasteiger partial charge is 0.494 e. The van der Waals surface area contributed by atoms with Crippen molar-refractivity contribution in [1.29, 1.82) is 0 Å². The van der Waals surface area contributed by atoms with Crippen LogP contribution in [0.25, 0.3) is 0 Å². The number of carbonyl (C=O) groups is 3. The number of hydrogen-bond acceptors (Lipinski definition) is 7. The van der Waals surface area contributed by atoms with E-state index in [4.69, 9.17) is 16.2 Å². The average Bonchev–Trinajstić information content (AvgIpc) is 3.33. The zero-order chi connectivity index (χ0) is 27.9. The SMILES string of the molecule is CCOc1ccc([C@@H](C(=O)NCc2ccccc2)N(C(=O)c2snc(C(N)=O)c2N)c2ccc(F)cc2)cc1. The van der Waals surface area contributed by atoms with Gasteiger partial charge in [0.15, 0.2) is 5.69 Å². The molecule has 11 heteroatoms. The Morgan fingerprint density at radius 1 is 1.03 bits per heavy atom. The number of nitrogens with one attached hydrogen (secondary N) is 1. The Morgan fingerprint density at radius 2 is 1.69 bits per heavy atom. The second-order valence-electron chi connectivity index (χ2n) is 8.40. The van der Waals surface area contributed by atoms with Gasteiger partial charge in [0.05, 0.1) is 12.3 Å². The number of hydrogen-bond donors (Lipinski definition) is 3. The highest BCUT2D eigenvalue weighted by Crippen LogP contribution is 2.34. The molecule has 0 fully saturated rings. The van der Waals surface area contributed by atoms with Crippen molar-refractivity contribution in [3.63, 3.8) is 0 Å². The van der Waals surface area contributed by atoms with E-state index in [9.17, 15) is 18.8 Å². The molecule has 9 nitrogen and oxygen atoms in total. The number of carbonyl (C=O) groups excluding carboxylic acids is 3. The van der Waals surface area contributed by atoms with Gasteiger partial charge in [-0.05, 0) is 66.0 Å². The Kier molecular flexibility index (Phi) is 8.52. The normalized spacial score (nSPS) is 11.4. The van der Waals surface area contributed by atoms with Gasteiger partial charge in [-0.2, -0.15) is 4.37 Å². The van der Waals surface area contributed by atoms with Crippen LogP contribution in [0, 0.1) is 5.82 Å². The standard InChI is InChI=1S/C28H26FN5O4S/c1-2-38-21-14-8-18(9-15-21)24(27(36)32-16-17-6-4-3-5-7-17)34(20-12-10-19(29)11-13-20)28(37)25-22(30)23(26(31)35)33-39-25/h3-15,24H,2,16,30H2,1H3,(H2,31,35)(H,32,36)/t24-/m0/s1. The monoisotopic (exact) mass is 547 g/mol. The lowest BCUT2D eigenvalue weighted by Gasteiger charge is -2.31. The number of ether oxygens (including phenoxy) is 1. The van der Waals surface area contributed by atoms with Crippen LogP contribution in [-0.2, 0) is 11.3 Å². The second-order valence-corrected chi connectivity index (χ2v) is 9.17. The summed E-state index contributed by atoms with van der Waals surface area (Å²) in [6, 6.07) is 19.9. The first-order valence-corrected chi connectivity index (χ1v) is 12.8. The molecule has 3 aromatic carbocycles. The van der Waals surface area contributed by atoms with Crippen molar-refractivity contribution in [2.24, 2.45) is 5.73 Å². The molecule has 0 unspecified atom stereocenters. The molecule has 0 aliphatic carbocycles. The molecule has 0 radical (unpaired) electrons. The molecule has 0 saturated heterocycles. The van der Waals surface area contributed by atoms with Gasteiger partial charge >= 0.3 is 0 Å². The highest BCUT2D eigenvalue weighted by molar-refractivity contribution is 7.09. The van der Waals surface area contributed by atoms with Crippen LogP contribution < -0.4 is 26.4 Å². The summed E-state index contributed by atoms with van der Waals surface area (Å²) in [6.07, 6.45) is 0. The molecule has 4 rings (SSSR count). The summed E-state index contributed by atoms with van der Waals surface area (Å²) >= 11 is 0.690. The summed E-state index contributed by atoms with van der Waals surface area (Å²) in [5.41, 5.74) is 12.5. The lowest BCUT2D eigenvalue weighted by molar-refractivity contribution is -0.122. The quantitative estimate of drug-likeness (QED) is 0.273. The smallest absolute Gasteiger partial charge is 0.273 e. The van der Waals surface area contributed by atoms with Crippen LogP contribution in [-0.4, -0.2) is 28.7 Å². The van der Waals surface area contributed by atoms with Crippen LogP contribution >= 0.6 is 11.5 Å². The number of rotatable bonds is 10. The molecule has 1 aromatic heterocycles. The van der Waals surface area contributed by atoms with E-state index < -0.39 is 29.6 Å². The number of nitrogen functional groups attached to an aromatic ring is 1. The van der Waals surface area contributed by atoms with Crippen LogP contribution in [0.1, 0.15) is 44.3 Å². The predicted molar refractivity (Wildman–Crippen MR) is 147 cm³/mol. The van der Waals surface area contributed by atoms with E-state index in [1.54, 1.807) is 24.3 Å². The van der Waals surface area contributed by atoms with Crippen molar-refractivity contribution in [3.05, 3.63) is 106 Å². The van der Waals surface area contributed by atoms with E-state index in [1.807, 2.05) is 37.3 Å². The van der Waals surface area contributed by atoms with Gasteiger partial charge in [0.2, 0.25) is 5.91 Å². The number of anilines is 2. The Labute approximate surface area is 228 Å². The second kappa shape index (κ2) is 12.2. The Balaban J connectivity index is 1.82. The summed E-state index contributed by atoms with van der Waals surface area (Å²) in [5.74, 6) is -2.04. The van der Waals surface area contributed by atoms with Gasteiger partial charge in [-0.3, -0.25) is 19.3 Å². The first-order valence-electron chi connectivity index (χ1n) is 12.0. The number of benzene rings is 3. The Hall–Kier alpha value is -4.77. The topological polar surface area (TPSA) is 141 Å². The van der Waals surface area contributed by atoms with Crippen molar-refractivity contribution in [1.82, 2.24) is 9.69 Å². The fraction of sp³-hybridized carbons (Fsp3) is 0.143. The summed E-state index contributed by atoms with van der Waals surface area (Å²) in [5, 5.41) is 2.89. The van der Waals surface area contributed by atoms with Gasteiger partial charge in [-0.1, -0.05) is 42.5 Å². The number of aromatic nitrogens is 1. The fourth-order valence-electron chi connectivity index (χ4n) is 3.94. The number of amides is 3. The summed E-state index contributed by atoms with van der Waals surface area (Å²) in [6.45, 7) is 2.50. The summed E-state index contributed by atoms with van der Waals surface area (Å²) < 4.78 is 23.3. The minimum atomic E-state index is -1.21. The fourth-order valence-corrected chi connectivity index (χ4v) is 4.68. The van der Waals surface area contributed by atoms with Crippen LogP contribution in [0.3, 0.4) is 0 Å². The first kappa shape index (κ1) is 27.3. The van der Waals surface area contributed by atoms with Crippen molar-refractivity contribution < 1.29 is 23.5 Å². The van der Waals surface area contributed by atoms with Gasteiger partial charge < -0.3 is 21.5 Å². The first-order chi connectivity index (χ1) is 18.8. The Morgan fingerprint density at radius 3 is 2.28 bits per heavy atom. The summed E-state index contributed by atoms with van der Waals surface area (Å²) in [7, 11) is 0. The summed E-state index contributed by atoms with van der Waals surface area (Å²) in [4.78, 5) is 40.7. The van der Waals surface area contributed by atoms with Gasteiger partial charge in [0.25, 0.3) is 11.8 Å². The zero-order valence-electron chi connectivity index (χ0n) is 21.0. The maximum Gasteiger partial charge on any atom is 0.273 e. The van der Waals surface area contributed by atoms with Crippen molar-refractivity contribution >= 4 is 40.6 Å². The van der Waals surface area contributed by atoms with Crippen LogP contribution in [0.2, 0.25) is 0 Å². The molecule has 0 aliphatic rings. The lowest BCUT2D eigenvalue weighted by Crippen LogP contribution is -2.44. The van der Waals surface area contributed by atoms with E-state index in [2.05, 4.69) is 9.69 Å². The molecule has 200 valence electrons. The van der Waals surface area contributed by atoms with E-state index in [0.29, 0.717) is 29.5 Å². The maximum atomic E-state index is 14.0. The average molecular weight is 548 g/mol. The highest BCUT2D eigenvalue weighted by atomic mass is 32.1. The van der Waals surface area contributed by atoms with Gasteiger partial charge in [-0.15, -0.1) is 0 Å². The number of primary amides is 1. The van der Waals surface area contributed by atoms with Crippen molar-refractivity contribution in [3.8, 4) is 5.75 Å². The molecule has 0 saturated carbocycles. The molecule has 1 atom stereocenters. The zero-order valence-corrected chi connectivity index (χ0v) is 21.8. The molecule has 0 spiro atoms. The molecule has 39 heavy (non-hydrogen) atoms. The van der Waals surface area contributed by atoms with Gasteiger partial charge in [0, 0.05) is 12.2 Å². The predicted octanol–water partition coefficient (Wildman–Crippen LogP) is 4.07. The third kappa shape index (κ3) is 6.21. The van der Waals surface area contributed by atoms with Gasteiger partial charge in [0.1, 0.15) is 22.5 Å². The molecule has 0 bridgehead atoms. The maximum absolute atomic E-state index is 14.0. The number of nitrogens with zero attached hydrogens (tertiary/aromatic N) is 2. The van der Waals surface area contributed by atoms with Crippen molar-refractivity contribution in [2.45, 2.75) is 19.5 Å². The lowest BCUT2D eigenvalue weighted by atomic mass is 10.0. The molecule has 4 aromatic rings. The van der Waals surface area contributed by atoms with E-state index in [1.165, 1.54) is 29.2 Å². The van der Waals surface area contributed by atoms with Crippen LogP contribution in [0.5, 0.6) is 5.75 Å². The van der Waals surface area contributed by atoms with Crippen LogP contribution in [0.15, 0.2) is 78.9 Å². The van der Waals surface area contributed by atoms with E-state index in [-0.39, 0.29) is 28.5 Å². The van der Waals surface area contributed by atoms with Gasteiger partial charge in [-0.25, -0.2) is 4.39 Å². The minimum absolute atomic E-state index is 0.0834. The van der Waals surface area contributed by atoms with Crippen LogP contribution in [0.4, 0.5) is 15.8 Å². The number of halogens is 1.